The Hall–Kier alpha value is -1.77. The first-order chi connectivity index (χ1) is 6.56. The number of benzene rings is 1. The van der Waals surface area contributed by atoms with Gasteiger partial charge in [0.15, 0.2) is 0 Å². The highest BCUT2D eigenvalue weighted by Crippen LogP contribution is 2.27. The van der Waals surface area contributed by atoms with E-state index in [4.69, 9.17) is 5.11 Å². The molecule has 3 nitrogen and oxygen atoms in total. The lowest BCUT2D eigenvalue weighted by atomic mass is 9.98. The van der Waals surface area contributed by atoms with Crippen LogP contribution in [0, 0.1) is 0 Å². The summed E-state index contributed by atoms with van der Waals surface area (Å²) in [6.07, 6.45) is 1.65. The van der Waals surface area contributed by atoms with Crippen LogP contribution in [0.3, 0.4) is 0 Å². The summed E-state index contributed by atoms with van der Waals surface area (Å²) in [6, 6.07) is 4.22. The van der Waals surface area contributed by atoms with Crippen molar-refractivity contribution in [3.8, 4) is 5.75 Å². The third-order valence-corrected chi connectivity index (χ3v) is 2.12. The van der Waals surface area contributed by atoms with Gasteiger partial charge in [0.1, 0.15) is 5.75 Å². The van der Waals surface area contributed by atoms with Gasteiger partial charge in [-0.25, -0.2) is 4.79 Å². The highest BCUT2D eigenvalue weighted by atomic mass is 16.4. The largest absolute Gasteiger partial charge is 0.508 e. The van der Waals surface area contributed by atoms with Crippen LogP contribution in [0.2, 0.25) is 0 Å². The van der Waals surface area contributed by atoms with Gasteiger partial charge >= 0.3 is 5.97 Å². The van der Waals surface area contributed by atoms with E-state index in [1.165, 1.54) is 18.2 Å². The standard InChI is InChI=1S/C11H12O3/c1-3-7(2)9-6-8(11(13)14)4-5-10(9)12/h3-7,12H,1H2,2H3,(H,13,14). The molecule has 0 bridgehead atoms. The van der Waals surface area contributed by atoms with Crippen molar-refractivity contribution >= 4 is 5.97 Å². The summed E-state index contributed by atoms with van der Waals surface area (Å²) >= 11 is 0. The number of phenols is 1. The molecule has 0 saturated carbocycles. The molecule has 0 heterocycles. The SMILES string of the molecule is C=CC(C)c1cc(C(=O)O)ccc1O. The van der Waals surface area contributed by atoms with Crippen LogP contribution in [-0.2, 0) is 0 Å². The fourth-order valence-corrected chi connectivity index (χ4v) is 1.18. The normalized spacial score (nSPS) is 12.1. The number of allylic oxidation sites excluding steroid dienone is 1. The van der Waals surface area contributed by atoms with Crippen LogP contribution < -0.4 is 0 Å². The molecule has 0 aromatic heterocycles. The quantitative estimate of drug-likeness (QED) is 0.723. The second kappa shape index (κ2) is 3.96. The summed E-state index contributed by atoms with van der Waals surface area (Å²) in [7, 11) is 0. The van der Waals surface area contributed by atoms with E-state index in [1.807, 2.05) is 6.92 Å². The lowest BCUT2D eigenvalue weighted by Gasteiger charge is -2.09. The van der Waals surface area contributed by atoms with Gasteiger partial charge in [0, 0.05) is 11.5 Å². The third kappa shape index (κ3) is 1.93. The summed E-state index contributed by atoms with van der Waals surface area (Å²) in [6.45, 7) is 5.44. The van der Waals surface area contributed by atoms with E-state index in [-0.39, 0.29) is 17.2 Å². The van der Waals surface area contributed by atoms with Gasteiger partial charge in [-0.15, -0.1) is 6.58 Å². The minimum atomic E-state index is -0.998. The summed E-state index contributed by atoms with van der Waals surface area (Å²) in [5.74, 6) is -0.959. The van der Waals surface area contributed by atoms with Crippen molar-refractivity contribution in [3.63, 3.8) is 0 Å². The summed E-state index contributed by atoms with van der Waals surface area (Å²) in [4.78, 5) is 10.7. The minimum absolute atomic E-state index is 0.0608. The maximum atomic E-state index is 10.7. The Morgan fingerprint density at radius 2 is 2.21 bits per heavy atom. The molecule has 1 aromatic carbocycles. The number of hydrogen-bond donors (Lipinski definition) is 2. The molecule has 0 saturated heterocycles. The minimum Gasteiger partial charge on any atom is -0.508 e. The predicted molar refractivity (Wildman–Crippen MR) is 53.7 cm³/mol. The van der Waals surface area contributed by atoms with Crippen molar-refractivity contribution in [2.75, 3.05) is 0 Å². The number of carboxylic acids is 1. The van der Waals surface area contributed by atoms with E-state index in [0.717, 1.165) is 0 Å². The Kier molecular flexibility index (Phi) is 2.92. The van der Waals surface area contributed by atoms with Gasteiger partial charge in [0.25, 0.3) is 0 Å². The molecule has 0 amide bonds. The van der Waals surface area contributed by atoms with Crippen LogP contribution in [0.1, 0.15) is 28.8 Å². The van der Waals surface area contributed by atoms with Crippen molar-refractivity contribution < 1.29 is 15.0 Å². The average Bonchev–Trinajstić information content (AvgIpc) is 2.17. The summed E-state index contributed by atoms with van der Waals surface area (Å²) in [5, 5.41) is 18.2. The second-order valence-corrected chi connectivity index (χ2v) is 3.10. The van der Waals surface area contributed by atoms with E-state index in [9.17, 15) is 9.90 Å². The van der Waals surface area contributed by atoms with E-state index < -0.39 is 5.97 Å². The Morgan fingerprint density at radius 1 is 1.57 bits per heavy atom. The average molecular weight is 192 g/mol. The molecule has 1 rings (SSSR count). The van der Waals surface area contributed by atoms with Crippen LogP contribution in [0.5, 0.6) is 5.75 Å². The number of aromatic carboxylic acids is 1. The molecule has 0 fully saturated rings. The predicted octanol–water partition coefficient (Wildman–Crippen LogP) is 2.38. The lowest BCUT2D eigenvalue weighted by Crippen LogP contribution is -1.98. The van der Waals surface area contributed by atoms with Crippen molar-refractivity contribution in [2.45, 2.75) is 12.8 Å². The number of carboxylic acid groups (broad SMARTS) is 1. The summed E-state index contributed by atoms with van der Waals surface area (Å²) in [5.41, 5.74) is 0.756. The van der Waals surface area contributed by atoms with E-state index in [0.29, 0.717) is 5.56 Å². The van der Waals surface area contributed by atoms with Crippen molar-refractivity contribution in [1.82, 2.24) is 0 Å². The molecule has 0 spiro atoms. The van der Waals surface area contributed by atoms with E-state index >= 15 is 0 Å². The first kappa shape index (κ1) is 10.3. The Bertz CT molecular complexity index is 369. The van der Waals surface area contributed by atoms with Crippen LogP contribution >= 0.6 is 0 Å². The van der Waals surface area contributed by atoms with Gasteiger partial charge in [-0.1, -0.05) is 13.0 Å². The molecule has 3 heteroatoms. The molecule has 74 valence electrons. The molecule has 0 aliphatic heterocycles. The molecule has 2 N–H and O–H groups in total. The third-order valence-electron chi connectivity index (χ3n) is 2.12. The number of aromatic hydroxyl groups is 1. The van der Waals surface area contributed by atoms with Gasteiger partial charge in [-0.3, -0.25) is 0 Å². The van der Waals surface area contributed by atoms with Gasteiger partial charge in [-0.05, 0) is 18.2 Å². The van der Waals surface area contributed by atoms with Crippen LogP contribution in [0.25, 0.3) is 0 Å². The molecule has 0 aliphatic carbocycles. The maximum Gasteiger partial charge on any atom is 0.335 e. The zero-order valence-corrected chi connectivity index (χ0v) is 7.90. The zero-order valence-electron chi connectivity index (χ0n) is 7.90. The molecular weight excluding hydrogens is 180 g/mol. The smallest absolute Gasteiger partial charge is 0.335 e. The zero-order chi connectivity index (χ0) is 10.7. The molecule has 14 heavy (non-hydrogen) atoms. The molecule has 1 atom stereocenters. The number of phenolic OH excluding ortho intramolecular Hbond substituents is 1. The van der Waals surface area contributed by atoms with Gasteiger partial charge < -0.3 is 10.2 Å². The fourth-order valence-electron chi connectivity index (χ4n) is 1.18. The molecule has 1 aromatic rings. The van der Waals surface area contributed by atoms with E-state index in [2.05, 4.69) is 6.58 Å². The topological polar surface area (TPSA) is 57.5 Å². The number of hydrogen-bond acceptors (Lipinski definition) is 2. The fraction of sp³-hybridized carbons (Fsp3) is 0.182. The number of carbonyl (C=O) groups is 1. The molecule has 0 aliphatic rings. The lowest BCUT2D eigenvalue weighted by molar-refractivity contribution is 0.0697. The Balaban J connectivity index is 3.20. The molecule has 0 radical (unpaired) electrons. The van der Waals surface area contributed by atoms with Crippen LogP contribution in [-0.4, -0.2) is 16.2 Å². The van der Waals surface area contributed by atoms with Gasteiger partial charge in [-0.2, -0.15) is 0 Å². The molecule has 1 unspecified atom stereocenters. The first-order valence-electron chi connectivity index (χ1n) is 4.25. The van der Waals surface area contributed by atoms with E-state index in [1.54, 1.807) is 6.08 Å². The highest BCUT2D eigenvalue weighted by Gasteiger charge is 2.10. The Labute approximate surface area is 82.3 Å². The molecular formula is C11H12O3. The highest BCUT2D eigenvalue weighted by molar-refractivity contribution is 5.88. The van der Waals surface area contributed by atoms with Gasteiger partial charge in [0.05, 0.1) is 5.56 Å². The maximum absolute atomic E-state index is 10.7. The van der Waals surface area contributed by atoms with Crippen molar-refractivity contribution in [1.29, 1.82) is 0 Å². The monoisotopic (exact) mass is 192 g/mol. The first-order valence-corrected chi connectivity index (χ1v) is 4.25. The van der Waals surface area contributed by atoms with Crippen LogP contribution in [0.4, 0.5) is 0 Å². The Morgan fingerprint density at radius 3 is 2.71 bits per heavy atom. The summed E-state index contributed by atoms with van der Waals surface area (Å²) < 4.78 is 0. The van der Waals surface area contributed by atoms with Gasteiger partial charge in [0.2, 0.25) is 0 Å². The van der Waals surface area contributed by atoms with Crippen LogP contribution in [0.15, 0.2) is 30.9 Å². The number of rotatable bonds is 3. The van der Waals surface area contributed by atoms with Crippen molar-refractivity contribution in [3.05, 3.63) is 42.0 Å². The second-order valence-electron chi connectivity index (χ2n) is 3.10. The van der Waals surface area contributed by atoms with Crippen molar-refractivity contribution in [2.24, 2.45) is 0 Å².